The molecule has 4 heterocycles. The van der Waals surface area contributed by atoms with Gasteiger partial charge in [-0.3, -0.25) is 34.4 Å². The number of likely N-dealkylation sites (N-methyl/N-ethyl adjacent to an activating group) is 2. The minimum Gasteiger partial charge on any atom is -0.372 e. The quantitative estimate of drug-likeness (QED) is 0.106. The lowest BCUT2D eigenvalue weighted by Crippen LogP contribution is -2.30. The first-order chi connectivity index (χ1) is 26.4. The molecule has 3 amide bonds. The van der Waals surface area contributed by atoms with E-state index in [1.54, 1.807) is 33.4 Å². The third kappa shape index (κ3) is 7.91. The molecule has 2 aromatic carbocycles. The van der Waals surface area contributed by atoms with Gasteiger partial charge in [-0.25, -0.2) is 9.97 Å². The van der Waals surface area contributed by atoms with Crippen LogP contribution in [0.25, 0.3) is 22.1 Å². The van der Waals surface area contributed by atoms with Crippen molar-refractivity contribution in [2.45, 2.75) is 53.9 Å². The first kappa shape index (κ1) is 38.2. The van der Waals surface area contributed by atoms with Crippen LogP contribution in [-0.2, 0) is 31.0 Å². The summed E-state index contributed by atoms with van der Waals surface area (Å²) in [6.45, 7) is 10.4. The Morgan fingerprint density at radius 2 is 1.20 bits per heavy atom. The number of carbonyl (C=O) groups is 3. The van der Waals surface area contributed by atoms with Crippen LogP contribution in [0, 0.1) is 13.8 Å². The lowest BCUT2D eigenvalue weighted by molar-refractivity contribution is -0.116. The van der Waals surface area contributed by atoms with E-state index in [4.69, 9.17) is 21.4 Å². The van der Waals surface area contributed by atoms with Crippen LogP contribution in [0.5, 0.6) is 0 Å². The van der Waals surface area contributed by atoms with Crippen LogP contribution in [0.1, 0.15) is 46.2 Å². The summed E-state index contributed by atoms with van der Waals surface area (Å²) in [5.41, 5.74) is 18.2. The predicted octanol–water partition coefficient (Wildman–Crippen LogP) is 3.51. The zero-order chi connectivity index (χ0) is 39.4. The number of allylic oxidation sites excluding steroid dienone is 2. The SMILES string of the molecule is CCn1nc(C)cc1C(=O)Nc1nc2c(N(C)CCN)cccc2n1C/C=C/Cn1c(NC(=O)c2cc(C)nn2CC)nc2c(N(C)CC(N)=O)cccc21. The Balaban J connectivity index is 1.36. The first-order valence-corrected chi connectivity index (χ1v) is 18.2. The number of nitrogens with one attached hydrogen (secondary N) is 2. The van der Waals surface area contributed by atoms with Crippen molar-refractivity contribution in [3.63, 3.8) is 0 Å². The van der Waals surface area contributed by atoms with Crippen LogP contribution < -0.4 is 31.9 Å². The Kier molecular flexibility index (Phi) is 11.3. The standard InChI is InChI=1S/C38H48N14O3/c1-7-51-30(21-24(3)45-51)35(54)43-37-41-33-26(47(5)20-17-39)13-11-15-28(33)49(37)18-9-10-19-50-29-16-12-14-27(48(6)23-32(40)53)34(29)42-38(50)44-36(55)31-22-25(4)46-52(31)8-2/h9-16,21-22H,7-8,17-20,23,39H2,1-6H3,(H2,40,53)(H,41,43,54)(H,42,44,55)/b10-9+. The maximum Gasteiger partial charge on any atom is 0.276 e. The Morgan fingerprint density at radius 1 is 0.745 bits per heavy atom. The highest BCUT2D eigenvalue weighted by atomic mass is 16.2. The maximum atomic E-state index is 13.6. The second kappa shape index (κ2) is 16.3. The molecule has 6 aromatic rings. The molecule has 288 valence electrons. The molecule has 55 heavy (non-hydrogen) atoms. The predicted molar refractivity (Wildman–Crippen MR) is 215 cm³/mol. The highest BCUT2D eigenvalue weighted by Gasteiger charge is 2.22. The molecule has 0 unspecified atom stereocenters. The average Bonchev–Trinajstić information content (AvgIpc) is 3.92. The summed E-state index contributed by atoms with van der Waals surface area (Å²) >= 11 is 0. The van der Waals surface area contributed by atoms with Crippen LogP contribution >= 0.6 is 0 Å². The summed E-state index contributed by atoms with van der Waals surface area (Å²) in [4.78, 5) is 52.6. The fourth-order valence-corrected chi connectivity index (χ4v) is 6.70. The number of aryl methyl sites for hydroxylation is 4. The van der Waals surface area contributed by atoms with E-state index in [1.165, 1.54) is 0 Å². The van der Waals surface area contributed by atoms with Gasteiger partial charge in [0.15, 0.2) is 0 Å². The number of hydrogen-bond donors (Lipinski definition) is 4. The molecule has 0 radical (unpaired) electrons. The van der Waals surface area contributed by atoms with E-state index >= 15 is 0 Å². The van der Waals surface area contributed by atoms with Crippen molar-refractivity contribution in [2.24, 2.45) is 11.5 Å². The number of imidazole rings is 2. The number of carbonyl (C=O) groups excluding carboxylic acids is 3. The lowest BCUT2D eigenvalue weighted by atomic mass is 10.2. The molecule has 17 heteroatoms. The molecule has 4 aromatic heterocycles. The van der Waals surface area contributed by atoms with E-state index in [0.717, 1.165) is 33.6 Å². The molecular weight excluding hydrogens is 701 g/mol. The Hall–Kier alpha value is -6.49. The van der Waals surface area contributed by atoms with Crippen molar-refractivity contribution in [1.29, 1.82) is 0 Å². The molecule has 0 saturated heterocycles. The van der Waals surface area contributed by atoms with E-state index in [2.05, 4.69) is 20.8 Å². The number of primary amides is 1. The highest BCUT2D eigenvalue weighted by molar-refractivity contribution is 6.04. The second-order valence-electron chi connectivity index (χ2n) is 13.3. The van der Waals surface area contributed by atoms with Gasteiger partial charge in [-0.2, -0.15) is 10.2 Å². The van der Waals surface area contributed by atoms with Crippen molar-refractivity contribution >= 4 is 63.1 Å². The van der Waals surface area contributed by atoms with Gasteiger partial charge in [0, 0.05) is 53.4 Å². The monoisotopic (exact) mass is 748 g/mol. The molecule has 6 N–H and O–H groups in total. The third-order valence-corrected chi connectivity index (χ3v) is 9.26. The molecular formula is C38H48N14O3. The number of fused-ring (bicyclic) bond motifs is 2. The minimum atomic E-state index is -0.481. The third-order valence-electron chi connectivity index (χ3n) is 9.26. The molecule has 0 bridgehead atoms. The highest BCUT2D eigenvalue weighted by Crippen LogP contribution is 2.31. The molecule has 6 rings (SSSR count). The number of nitrogens with two attached hydrogens (primary N) is 2. The number of benzene rings is 2. The van der Waals surface area contributed by atoms with Gasteiger partial charge in [0.1, 0.15) is 22.4 Å². The molecule has 0 fully saturated rings. The summed E-state index contributed by atoms with van der Waals surface area (Å²) < 4.78 is 7.15. The first-order valence-electron chi connectivity index (χ1n) is 18.2. The van der Waals surface area contributed by atoms with Crippen molar-refractivity contribution in [2.75, 3.05) is 54.2 Å². The normalized spacial score (nSPS) is 11.5. The van der Waals surface area contributed by atoms with E-state index in [-0.39, 0.29) is 18.4 Å². The van der Waals surface area contributed by atoms with Gasteiger partial charge in [0.25, 0.3) is 11.8 Å². The van der Waals surface area contributed by atoms with Gasteiger partial charge >= 0.3 is 0 Å². The smallest absolute Gasteiger partial charge is 0.276 e. The summed E-state index contributed by atoms with van der Waals surface area (Å²) in [5.74, 6) is -0.448. The van der Waals surface area contributed by atoms with Gasteiger partial charge < -0.3 is 30.4 Å². The maximum absolute atomic E-state index is 13.6. The topological polar surface area (TPSA) is 205 Å². The van der Waals surface area contributed by atoms with Crippen LogP contribution in [0.15, 0.2) is 60.7 Å². The lowest BCUT2D eigenvalue weighted by Gasteiger charge is -2.18. The van der Waals surface area contributed by atoms with E-state index < -0.39 is 5.91 Å². The number of rotatable bonds is 16. The number of nitrogens with zero attached hydrogens (tertiary/aromatic N) is 10. The summed E-state index contributed by atoms with van der Waals surface area (Å²) in [7, 11) is 3.73. The Bertz CT molecular complexity index is 2400. The van der Waals surface area contributed by atoms with E-state index in [0.29, 0.717) is 73.8 Å². The van der Waals surface area contributed by atoms with Crippen LogP contribution in [-0.4, -0.2) is 90.1 Å². The largest absolute Gasteiger partial charge is 0.372 e. The molecule has 0 atom stereocenters. The number of aromatic nitrogens is 8. The molecule has 17 nitrogen and oxygen atoms in total. The summed E-state index contributed by atoms with van der Waals surface area (Å²) in [6, 6.07) is 15.0. The van der Waals surface area contributed by atoms with Crippen molar-refractivity contribution in [1.82, 2.24) is 38.7 Å². The van der Waals surface area contributed by atoms with Gasteiger partial charge in [0.05, 0.1) is 40.3 Å². The minimum absolute atomic E-state index is 0.00954. The van der Waals surface area contributed by atoms with Crippen molar-refractivity contribution in [3.8, 4) is 0 Å². The van der Waals surface area contributed by atoms with Gasteiger partial charge in [-0.15, -0.1) is 0 Å². The molecule has 0 aliphatic heterocycles. The molecule has 0 saturated carbocycles. The zero-order valence-electron chi connectivity index (χ0n) is 32.1. The molecule has 0 aliphatic rings. The fraction of sp³-hybridized carbons (Fsp3) is 0.342. The van der Waals surface area contributed by atoms with E-state index in [1.807, 2.05) is 97.3 Å². The number of amides is 3. The number of hydrogen-bond acceptors (Lipinski definition) is 10. The zero-order valence-corrected chi connectivity index (χ0v) is 32.1. The van der Waals surface area contributed by atoms with Crippen molar-refractivity contribution in [3.05, 3.63) is 83.5 Å². The van der Waals surface area contributed by atoms with E-state index in [9.17, 15) is 14.4 Å². The summed E-state index contributed by atoms with van der Waals surface area (Å²) in [6.07, 6.45) is 3.94. The van der Waals surface area contributed by atoms with Crippen molar-refractivity contribution < 1.29 is 14.4 Å². The van der Waals surface area contributed by atoms with Gasteiger partial charge in [-0.05, 0) is 64.1 Å². The van der Waals surface area contributed by atoms with Gasteiger partial charge in [0.2, 0.25) is 17.8 Å². The number of para-hydroxylation sites is 2. The van der Waals surface area contributed by atoms with Gasteiger partial charge in [-0.1, -0.05) is 24.3 Å². The average molecular weight is 749 g/mol. The molecule has 0 aliphatic carbocycles. The number of anilines is 4. The Morgan fingerprint density at radius 3 is 1.62 bits per heavy atom. The molecule has 0 spiro atoms. The fourth-order valence-electron chi connectivity index (χ4n) is 6.70. The summed E-state index contributed by atoms with van der Waals surface area (Å²) in [5, 5.41) is 14.9. The van der Waals surface area contributed by atoms with Crippen LogP contribution in [0.3, 0.4) is 0 Å². The Labute approximate surface area is 318 Å². The van der Waals surface area contributed by atoms with Crippen LogP contribution in [0.2, 0.25) is 0 Å². The van der Waals surface area contributed by atoms with Crippen LogP contribution in [0.4, 0.5) is 23.3 Å². The second-order valence-corrected chi connectivity index (χ2v) is 13.3.